The van der Waals surface area contributed by atoms with Crippen LogP contribution in [0.3, 0.4) is 0 Å². The van der Waals surface area contributed by atoms with Gasteiger partial charge < -0.3 is 25.0 Å². The lowest BCUT2D eigenvalue weighted by atomic mass is 10.1. The van der Waals surface area contributed by atoms with Gasteiger partial charge in [-0.05, 0) is 25.5 Å². The first-order chi connectivity index (χ1) is 16.2. The highest BCUT2D eigenvalue weighted by atomic mass is 32.2. The van der Waals surface area contributed by atoms with E-state index in [0.717, 1.165) is 16.4 Å². The van der Waals surface area contributed by atoms with Gasteiger partial charge in [0.05, 0.1) is 30.8 Å². The number of esters is 1. The molecule has 0 aliphatic carbocycles. The molecular formula is C21H29N3O9S. The molecule has 2 rings (SSSR count). The van der Waals surface area contributed by atoms with Crippen molar-refractivity contribution in [2.75, 3.05) is 39.5 Å². The van der Waals surface area contributed by atoms with Gasteiger partial charge >= 0.3 is 5.97 Å². The van der Waals surface area contributed by atoms with Crippen molar-refractivity contribution in [3.05, 3.63) is 58.0 Å². The second kappa shape index (κ2) is 13.0. The molecule has 1 aromatic carbocycles. The topological polar surface area (TPSA) is 169 Å². The van der Waals surface area contributed by atoms with Crippen LogP contribution in [0.2, 0.25) is 0 Å². The van der Waals surface area contributed by atoms with Crippen molar-refractivity contribution in [3.63, 3.8) is 0 Å². The van der Waals surface area contributed by atoms with Gasteiger partial charge in [-0.2, -0.15) is 4.31 Å². The molecule has 13 heteroatoms. The Kier molecular flexibility index (Phi) is 10.4. The molecule has 0 radical (unpaired) electrons. The van der Waals surface area contributed by atoms with E-state index in [1.807, 2.05) is 0 Å². The van der Waals surface area contributed by atoms with Crippen molar-refractivity contribution in [1.29, 1.82) is 0 Å². The Hall–Kier alpha value is -3.00. The Morgan fingerprint density at radius 3 is 2.65 bits per heavy atom. The van der Waals surface area contributed by atoms with Crippen LogP contribution in [0, 0.1) is 10.1 Å². The zero-order chi connectivity index (χ0) is 25.1. The lowest BCUT2D eigenvalue weighted by Gasteiger charge is -2.24. The number of rotatable bonds is 14. The molecule has 0 saturated heterocycles. The van der Waals surface area contributed by atoms with E-state index < -0.39 is 37.5 Å². The first-order valence-electron chi connectivity index (χ1n) is 10.7. The maximum atomic E-state index is 13.3. The number of allylic oxidation sites excluding steroid dienone is 1. The number of nitro groups is 1. The molecule has 1 heterocycles. The monoisotopic (exact) mass is 499 g/mol. The third-order valence-corrected chi connectivity index (χ3v) is 6.75. The SMILES string of the molecule is CCOC(=O)CCCN(CCOC1=CC(CO)NC(CO)=C1)S(=O)(=O)c1ccccc1[N+](=O)[O-]. The fourth-order valence-electron chi connectivity index (χ4n) is 3.23. The number of nitrogens with one attached hydrogen (secondary N) is 1. The molecule has 188 valence electrons. The number of para-hydroxylation sites is 1. The van der Waals surface area contributed by atoms with Crippen LogP contribution in [0.4, 0.5) is 5.69 Å². The molecule has 0 fully saturated rings. The minimum atomic E-state index is -4.29. The highest BCUT2D eigenvalue weighted by molar-refractivity contribution is 7.89. The largest absolute Gasteiger partial charge is 0.492 e. The second-order valence-corrected chi connectivity index (χ2v) is 9.12. The first-order valence-corrected chi connectivity index (χ1v) is 12.1. The predicted molar refractivity (Wildman–Crippen MR) is 121 cm³/mol. The van der Waals surface area contributed by atoms with E-state index >= 15 is 0 Å². The fourth-order valence-corrected chi connectivity index (χ4v) is 4.85. The van der Waals surface area contributed by atoms with Gasteiger partial charge in [0.2, 0.25) is 10.0 Å². The summed E-state index contributed by atoms with van der Waals surface area (Å²) in [6, 6.07) is 4.56. The van der Waals surface area contributed by atoms with Crippen molar-refractivity contribution < 1.29 is 37.8 Å². The van der Waals surface area contributed by atoms with Crippen molar-refractivity contribution in [1.82, 2.24) is 9.62 Å². The summed E-state index contributed by atoms with van der Waals surface area (Å²) in [6.45, 7) is 0.960. The summed E-state index contributed by atoms with van der Waals surface area (Å²) in [5.74, 6) is -0.144. The Bertz CT molecular complexity index is 1020. The molecule has 1 aromatic rings. The van der Waals surface area contributed by atoms with E-state index in [-0.39, 0.29) is 52.4 Å². The summed E-state index contributed by atoms with van der Waals surface area (Å²) >= 11 is 0. The number of sulfonamides is 1. The van der Waals surface area contributed by atoms with Gasteiger partial charge in [0.1, 0.15) is 12.4 Å². The standard InChI is InChI=1S/C21H29N3O9S/c1-2-32-21(27)8-5-9-23(34(30,31)20-7-4-3-6-19(20)24(28)29)10-11-33-18-12-16(14-25)22-17(13-18)15-26/h3-4,6-7,12-13,16,22,25-26H,2,5,8-11,14-15H2,1H3. The van der Waals surface area contributed by atoms with Crippen molar-refractivity contribution >= 4 is 21.7 Å². The third kappa shape index (κ3) is 7.52. The molecule has 0 aromatic heterocycles. The van der Waals surface area contributed by atoms with Crippen LogP contribution in [-0.4, -0.2) is 79.4 Å². The number of aliphatic hydroxyl groups excluding tert-OH is 2. The van der Waals surface area contributed by atoms with Crippen molar-refractivity contribution in [3.8, 4) is 0 Å². The number of nitrogens with zero attached hydrogens (tertiary/aromatic N) is 2. The molecule has 3 N–H and O–H groups in total. The first kappa shape index (κ1) is 27.2. The average Bonchev–Trinajstić information content (AvgIpc) is 2.82. The fraction of sp³-hybridized carbons (Fsp3) is 0.476. The van der Waals surface area contributed by atoms with Crippen LogP contribution in [-0.2, 0) is 24.3 Å². The highest BCUT2D eigenvalue weighted by Gasteiger charge is 2.31. The Morgan fingerprint density at radius 1 is 1.26 bits per heavy atom. The summed E-state index contributed by atoms with van der Waals surface area (Å²) in [5, 5.41) is 33.0. The van der Waals surface area contributed by atoms with E-state index in [1.165, 1.54) is 18.2 Å². The van der Waals surface area contributed by atoms with Crippen molar-refractivity contribution in [2.24, 2.45) is 0 Å². The molecule has 1 aliphatic rings. The smallest absolute Gasteiger partial charge is 0.305 e. The molecule has 0 spiro atoms. The number of benzene rings is 1. The molecule has 12 nitrogen and oxygen atoms in total. The summed E-state index contributed by atoms with van der Waals surface area (Å²) in [4.78, 5) is 21.8. The molecule has 1 aliphatic heterocycles. The molecule has 0 bridgehead atoms. The Labute approximate surface area is 197 Å². The number of hydrogen-bond donors (Lipinski definition) is 3. The average molecular weight is 500 g/mol. The number of dihydropyridines is 1. The quantitative estimate of drug-likeness (QED) is 0.188. The molecule has 1 atom stereocenters. The summed E-state index contributed by atoms with van der Waals surface area (Å²) in [6.07, 6.45) is 3.23. The molecule has 1 unspecified atom stereocenters. The highest BCUT2D eigenvalue weighted by Crippen LogP contribution is 2.26. The van der Waals surface area contributed by atoms with Gasteiger partial charge in [0.15, 0.2) is 4.90 Å². The number of hydrogen-bond acceptors (Lipinski definition) is 10. The number of ether oxygens (including phenoxy) is 2. The maximum Gasteiger partial charge on any atom is 0.305 e. The second-order valence-electron chi connectivity index (χ2n) is 7.22. The zero-order valence-corrected chi connectivity index (χ0v) is 19.6. The van der Waals surface area contributed by atoms with Crippen LogP contribution in [0.1, 0.15) is 19.8 Å². The lowest BCUT2D eigenvalue weighted by molar-refractivity contribution is -0.387. The normalized spacial score (nSPS) is 15.8. The lowest BCUT2D eigenvalue weighted by Crippen LogP contribution is -2.36. The van der Waals surface area contributed by atoms with E-state index in [0.29, 0.717) is 11.5 Å². The van der Waals surface area contributed by atoms with Gasteiger partial charge in [-0.1, -0.05) is 12.1 Å². The summed E-state index contributed by atoms with van der Waals surface area (Å²) < 4.78 is 38.1. The van der Waals surface area contributed by atoms with Gasteiger partial charge in [0.25, 0.3) is 5.69 Å². The number of nitro benzene ring substituents is 1. The Balaban J connectivity index is 2.19. The summed E-state index contributed by atoms with van der Waals surface area (Å²) in [5.41, 5.74) is -0.128. The van der Waals surface area contributed by atoms with Gasteiger partial charge in [-0.3, -0.25) is 14.9 Å². The maximum absolute atomic E-state index is 13.3. The van der Waals surface area contributed by atoms with E-state index in [2.05, 4.69) is 5.32 Å². The van der Waals surface area contributed by atoms with Crippen LogP contribution < -0.4 is 5.32 Å². The van der Waals surface area contributed by atoms with E-state index in [9.17, 15) is 33.5 Å². The van der Waals surface area contributed by atoms with Gasteiger partial charge in [-0.25, -0.2) is 8.42 Å². The minimum absolute atomic E-state index is 0.0187. The number of aliphatic hydroxyl groups is 2. The van der Waals surface area contributed by atoms with Crippen LogP contribution in [0.25, 0.3) is 0 Å². The summed E-state index contributed by atoms with van der Waals surface area (Å²) in [7, 11) is -4.29. The third-order valence-electron chi connectivity index (χ3n) is 4.80. The van der Waals surface area contributed by atoms with Crippen LogP contribution >= 0.6 is 0 Å². The van der Waals surface area contributed by atoms with E-state index in [1.54, 1.807) is 13.0 Å². The van der Waals surface area contributed by atoms with Crippen LogP contribution in [0.15, 0.2) is 52.8 Å². The van der Waals surface area contributed by atoms with Gasteiger partial charge in [0, 0.05) is 37.3 Å². The molecule has 0 amide bonds. The van der Waals surface area contributed by atoms with E-state index in [4.69, 9.17) is 9.47 Å². The Morgan fingerprint density at radius 2 is 2.00 bits per heavy atom. The number of carbonyl (C=O) groups excluding carboxylic acids is 1. The predicted octanol–water partition coefficient (Wildman–Crippen LogP) is 0.670. The molecular weight excluding hydrogens is 470 g/mol. The van der Waals surface area contributed by atoms with Crippen molar-refractivity contribution in [2.45, 2.75) is 30.7 Å². The molecule has 34 heavy (non-hydrogen) atoms. The van der Waals surface area contributed by atoms with Crippen LogP contribution in [0.5, 0.6) is 0 Å². The minimum Gasteiger partial charge on any atom is -0.492 e. The molecule has 0 saturated carbocycles. The zero-order valence-electron chi connectivity index (χ0n) is 18.8. The number of carbonyl (C=O) groups is 1. The van der Waals surface area contributed by atoms with Gasteiger partial charge in [-0.15, -0.1) is 0 Å².